The SMILES string of the molecule is CN1C[CH-]CC[CH-]C1=O.[W].[Y]. The van der Waals surface area contributed by atoms with Gasteiger partial charge in [0.25, 0.3) is 0 Å². The summed E-state index contributed by atoms with van der Waals surface area (Å²) in [4.78, 5) is 12.6. The van der Waals surface area contributed by atoms with E-state index in [2.05, 4.69) is 6.42 Å². The minimum atomic E-state index is 0. The molecule has 1 fully saturated rings. The average molecular weight is 398 g/mol. The van der Waals surface area contributed by atoms with E-state index in [0.29, 0.717) is 0 Å². The number of rotatable bonds is 0. The molecule has 61 valence electrons. The van der Waals surface area contributed by atoms with Crippen molar-refractivity contribution >= 4 is 5.91 Å². The molecule has 11 heavy (non-hydrogen) atoms. The second kappa shape index (κ2) is 7.76. The van der Waals surface area contributed by atoms with Crippen LogP contribution < -0.4 is 0 Å². The maximum Gasteiger partial charge on any atom is 0.0822 e. The number of hydrogen-bond acceptors (Lipinski definition) is 1. The van der Waals surface area contributed by atoms with E-state index in [9.17, 15) is 4.79 Å². The summed E-state index contributed by atoms with van der Waals surface area (Å²) in [7, 11) is 1.82. The Morgan fingerprint density at radius 1 is 1.45 bits per heavy atom. The van der Waals surface area contributed by atoms with Crippen molar-refractivity contribution in [3.63, 3.8) is 0 Å². The van der Waals surface area contributed by atoms with Gasteiger partial charge >= 0.3 is 0 Å². The third-order valence-electron chi connectivity index (χ3n) is 1.47. The average Bonchev–Trinajstić information content (AvgIpc) is 1.99. The topological polar surface area (TPSA) is 20.3 Å². The van der Waals surface area contributed by atoms with Gasteiger partial charge in [-0.15, -0.1) is 6.54 Å². The van der Waals surface area contributed by atoms with E-state index in [1.165, 1.54) is 0 Å². The number of carbonyl (C=O) groups is 1. The predicted octanol–water partition coefficient (Wildman–Crippen LogP) is 0.642. The van der Waals surface area contributed by atoms with E-state index >= 15 is 0 Å². The Bertz CT molecular complexity index is 121. The quantitative estimate of drug-likeness (QED) is 0.549. The van der Waals surface area contributed by atoms with E-state index in [1.54, 1.807) is 11.3 Å². The van der Waals surface area contributed by atoms with Crippen LogP contribution in [-0.2, 0) is 58.6 Å². The summed E-state index contributed by atoms with van der Waals surface area (Å²) >= 11 is 0. The first-order chi connectivity index (χ1) is 4.30. The van der Waals surface area contributed by atoms with Gasteiger partial charge in [-0.3, -0.25) is 0 Å². The van der Waals surface area contributed by atoms with Gasteiger partial charge in [-0.25, -0.2) is 6.42 Å². The molecule has 0 aromatic carbocycles. The maximum atomic E-state index is 10.9. The fourth-order valence-corrected chi connectivity index (χ4v) is 0.855. The Kier molecular flexibility index (Phi) is 10.3. The molecule has 0 atom stereocenters. The Morgan fingerprint density at radius 2 is 2.09 bits per heavy atom. The largest absolute Gasteiger partial charge is 0.400 e. The summed E-state index contributed by atoms with van der Waals surface area (Å²) in [5.74, 6) is 0.156. The van der Waals surface area contributed by atoms with E-state index in [-0.39, 0.29) is 59.7 Å². The van der Waals surface area contributed by atoms with Crippen LogP contribution in [0.15, 0.2) is 0 Å². The minimum absolute atomic E-state index is 0. The van der Waals surface area contributed by atoms with Crippen LogP contribution in [0.4, 0.5) is 0 Å². The molecule has 1 heterocycles. The molecule has 1 aliphatic heterocycles. The molecule has 0 unspecified atom stereocenters. The number of nitrogens with zero attached hydrogens (tertiary/aromatic N) is 1. The molecule has 1 radical (unpaired) electrons. The van der Waals surface area contributed by atoms with Gasteiger partial charge in [0.2, 0.25) is 0 Å². The second-order valence-corrected chi connectivity index (χ2v) is 2.29. The third kappa shape index (κ3) is 5.38. The zero-order valence-corrected chi connectivity index (χ0v) is 12.4. The van der Waals surface area contributed by atoms with Crippen molar-refractivity contribution in [1.29, 1.82) is 0 Å². The Balaban J connectivity index is 0. The molecule has 1 aliphatic rings. The van der Waals surface area contributed by atoms with Gasteiger partial charge in [0, 0.05) is 60.8 Å². The first kappa shape index (κ1) is 14.6. The Hall–Kier alpha value is 1.13. The molecular formula is C7H11NOWY-2. The van der Waals surface area contributed by atoms with Gasteiger partial charge in [-0.05, 0) is 0 Å². The zero-order chi connectivity index (χ0) is 6.69. The van der Waals surface area contributed by atoms with Crippen molar-refractivity contribution in [2.24, 2.45) is 0 Å². The van der Waals surface area contributed by atoms with Gasteiger partial charge < -0.3 is 22.5 Å². The number of likely N-dealkylation sites (tertiary alicyclic amines) is 1. The first-order valence-corrected chi connectivity index (χ1v) is 3.20. The van der Waals surface area contributed by atoms with Crippen LogP contribution in [-0.4, -0.2) is 24.4 Å². The van der Waals surface area contributed by atoms with Crippen LogP contribution in [0.3, 0.4) is 0 Å². The molecule has 0 aromatic rings. The summed E-state index contributed by atoms with van der Waals surface area (Å²) in [5, 5.41) is 0. The monoisotopic (exact) mass is 398 g/mol. The number of amides is 1. The van der Waals surface area contributed by atoms with E-state index in [0.717, 1.165) is 19.4 Å². The van der Waals surface area contributed by atoms with Crippen LogP contribution in [0, 0.1) is 12.8 Å². The normalized spacial score (nSPS) is 17.2. The first-order valence-electron chi connectivity index (χ1n) is 3.20. The number of hydrogen-bond donors (Lipinski definition) is 0. The van der Waals surface area contributed by atoms with Gasteiger partial charge in [-0.2, -0.15) is 6.42 Å². The molecule has 2 nitrogen and oxygen atoms in total. The van der Waals surface area contributed by atoms with Crippen molar-refractivity contribution in [3.8, 4) is 0 Å². The summed E-state index contributed by atoms with van der Waals surface area (Å²) in [6.07, 6.45) is 5.81. The maximum absolute atomic E-state index is 10.9. The molecule has 0 aromatic heterocycles. The van der Waals surface area contributed by atoms with Crippen molar-refractivity contribution in [3.05, 3.63) is 12.8 Å². The van der Waals surface area contributed by atoms with Crippen LogP contribution >= 0.6 is 0 Å². The summed E-state index contributed by atoms with van der Waals surface area (Å²) < 4.78 is 0. The molecular weight excluding hydrogens is 387 g/mol. The summed E-state index contributed by atoms with van der Waals surface area (Å²) in [5.41, 5.74) is 0. The molecule has 0 spiro atoms. The fourth-order valence-electron chi connectivity index (χ4n) is 0.855. The van der Waals surface area contributed by atoms with Gasteiger partial charge in [0.05, 0.1) is 5.91 Å². The van der Waals surface area contributed by atoms with Crippen LogP contribution in [0.2, 0.25) is 0 Å². The van der Waals surface area contributed by atoms with Crippen molar-refractivity contribution in [2.75, 3.05) is 13.6 Å². The van der Waals surface area contributed by atoms with Gasteiger partial charge in [-0.1, -0.05) is 0 Å². The molecule has 4 heteroatoms. The summed E-state index contributed by atoms with van der Waals surface area (Å²) in [6, 6.07) is 0. The van der Waals surface area contributed by atoms with Gasteiger partial charge in [0.15, 0.2) is 0 Å². The standard InChI is InChI=1S/C7H11NO.W.Y/c1-8-6-4-2-3-5-7(8)9;;/h4-5H,2-3,6H2,1H3;;/q-2;;. The molecule has 1 amide bonds. The molecule has 0 N–H and O–H groups in total. The summed E-state index contributed by atoms with van der Waals surface area (Å²) in [6.45, 7) is 0.801. The predicted molar refractivity (Wildman–Crippen MR) is 35.5 cm³/mol. The fraction of sp³-hybridized carbons (Fsp3) is 0.571. The van der Waals surface area contributed by atoms with Crippen molar-refractivity contribution in [1.82, 2.24) is 4.90 Å². The zero-order valence-electron chi connectivity index (χ0n) is 6.62. The molecule has 0 saturated carbocycles. The van der Waals surface area contributed by atoms with Crippen LogP contribution in [0.1, 0.15) is 12.8 Å². The van der Waals surface area contributed by atoms with Crippen LogP contribution in [0.5, 0.6) is 0 Å². The third-order valence-corrected chi connectivity index (χ3v) is 1.47. The van der Waals surface area contributed by atoms with Crippen LogP contribution in [0.25, 0.3) is 0 Å². The van der Waals surface area contributed by atoms with E-state index in [4.69, 9.17) is 0 Å². The van der Waals surface area contributed by atoms with Crippen molar-refractivity contribution in [2.45, 2.75) is 12.8 Å². The minimum Gasteiger partial charge on any atom is -0.400 e. The smallest absolute Gasteiger partial charge is 0.0822 e. The van der Waals surface area contributed by atoms with Gasteiger partial charge in [0.1, 0.15) is 0 Å². The molecule has 1 saturated heterocycles. The van der Waals surface area contributed by atoms with Crippen molar-refractivity contribution < 1.29 is 58.6 Å². The number of carbonyl (C=O) groups excluding carboxylic acids is 1. The molecule has 0 aliphatic carbocycles. The Labute approximate surface area is 108 Å². The molecule has 1 rings (SSSR count). The second-order valence-electron chi connectivity index (χ2n) is 2.29. The Morgan fingerprint density at radius 3 is 2.73 bits per heavy atom. The van der Waals surface area contributed by atoms with E-state index in [1.807, 2.05) is 7.05 Å². The molecule has 0 bridgehead atoms. The van der Waals surface area contributed by atoms with E-state index < -0.39 is 0 Å².